The summed E-state index contributed by atoms with van der Waals surface area (Å²) in [6, 6.07) is 14.9. The first kappa shape index (κ1) is 24.5. The predicted octanol–water partition coefficient (Wildman–Crippen LogP) is 5.53. The van der Waals surface area contributed by atoms with Crippen LogP contribution in [0.4, 0.5) is 10.2 Å². The molecule has 1 aromatic heterocycles. The summed E-state index contributed by atoms with van der Waals surface area (Å²) >= 11 is 0. The lowest BCUT2D eigenvalue weighted by molar-refractivity contribution is 0.108. The number of hydrogen-bond donors (Lipinski definition) is 1. The van der Waals surface area contributed by atoms with Crippen molar-refractivity contribution in [3.63, 3.8) is 0 Å². The Hall–Kier alpha value is -3.49. The first-order valence-corrected chi connectivity index (χ1v) is 14.0. The molecule has 7 nitrogen and oxygen atoms in total. The maximum atomic E-state index is 16.5. The number of phenols is 1. The molecule has 4 aromatic rings. The molecule has 0 aliphatic carbocycles. The largest absolute Gasteiger partial charge is 0.508 e. The van der Waals surface area contributed by atoms with Gasteiger partial charge in [0.15, 0.2) is 5.82 Å². The molecule has 39 heavy (non-hydrogen) atoms. The fourth-order valence-electron chi connectivity index (χ4n) is 6.77. The Morgan fingerprint density at radius 2 is 1.74 bits per heavy atom. The molecule has 3 aliphatic rings. The van der Waals surface area contributed by atoms with Gasteiger partial charge in [-0.1, -0.05) is 30.3 Å². The Bertz CT molecular complexity index is 1530. The van der Waals surface area contributed by atoms with Gasteiger partial charge in [0.1, 0.15) is 23.7 Å². The molecule has 7 rings (SSSR count). The van der Waals surface area contributed by atoms with Crippen molar-refractivity contribution in [2.75, 3.05) is 50.9 Å². The molecule has 0 spiro atoms. The van der Waals surface area contributed by atoms with E-state index in [1.807, 2.05) is 30.3 Å². The van der Waals surface area contributed by atoms with Gasteiger partial charge in [0, 0.05) is 30.6 Å². The molecule has 0 saturated carbocycles. The zero-order chi connectivity index (χ0) is 26.4. The summed E-state index contributed by atoms with van der Waals surface area (Å²) in [6.45, 7) is 5.46. The van der Waals surface area contributed by atoms with Crippen molar-refractivity contribution in [1.82, 2.24) is 14.9 Å². The van der Waals surface area contributed by atoms with E-state index in [4.69, 9.17) is 14.5 Å². The van der Waals surface area contributed by atoms with E-state index < -0.39 is 5.82 Å². The predicted molar refractivity (Wildman–Crippen MR) is 150 cm³/mol. The smallest absolute Gasteiger partial charge is 0.319 e. The van der Waals surface area contributed by atoms with Gasteiger partial charge in [-0.15, -0.1) is 0 Å². The number of hydrogen-bond acceptors (Lipinski definition) is 7. The van der Waals surface area contributed by atoms with E-state index in [1.165, 1.54) is 12.8 Å². The summed E-state index contributed by atoms with van der Waals surface area (Å²) in [7, 11) is 0. The van der Waals surface area contributed by atoms with E-state index in [9.17, 15) is 5.11 Å². The van der Waals surface area contributed by atoms with Crippen LogP contribution in [-0.4, -0.2) is 71.5 Å². The molecule has 3 aromatic carbocycles. The number of aromatic hydroxyl groups is 1. The van der Waals surface area contributed by atoms with Crippen molar-refractivity contribution in [1.29, 1.82) is 0 Å². The second kappa shape index (κ2) is 9.92. The van der Waals surface area contributed by atoms with Crippen LogP contribution in [0.25, 0.3) is 32.8 Å². The lowest BCUT2D eigenvalue weighted by Crippen LogP contribution is -2.43. The topological polar surface area (TPSA) is 71.0 Å². The van der Waals surface area contributed by atoms with Gasteiger partial charge < -0.3 is 19.5 Å². The Morgan fingerprint density at radius 3 is 2.62 bits per heavy atom. The van der Waals surface area contributed by atoms with Crippen LogP contribution in [0.5, 0.6) is 11.8 Å². The standard InChI is InChI=1S/C31H33FN4O3/c32-27-24(26-19-22(37)18-21-6-1-2-7-23(21)26)8-9-25-28(27)33-30(34-29(25)35-12-5-16-38-17-15-35)39-20-31-10-3-13-36(31)14-4-11-31/h1-2,6-9,18-19,37H,3-5,10-17,20H2. The number of aromatic nitrogens is 2. The maximum absolute atomic E-state index is 16.5. The second-order valence-corrected chi connectivity index (χ2v) is 11.0. The van der Waals surface area contributed by atoms with E-state index in [1.54, 1.807) is 18.2 Å². The zero-order valence-electron chi connectivity index (χ0n) is 22.0. The molecular weight excluding hydrogens is 495 g/mol. The summed E-state index contributed by atoms with van der Waals surface area (Å²) in [4.78, 5) is 14.2. The van der Waals surface area contributed by atoms with Crippen LogP contribution in [0.3, 0.4) is 0 Å². The number of nitrogens with zero attached hydrogens (tertiary/aromatic N) is 4. The lowest BCUT2D eigenvalue weighted by Gasteiger charge is -2.31. The van der Waals surface area contributed by atoms with Crippen LogP contribution in [0, 0.1) is 5.82 Å². The quantitative estimate of drug-likeness (QED) is 0.365. The molecule has 4 heterocycles. The summed E-state index contributed by atoms with van der Waals surface area (Å²) in [5.41, 5.74) is 1.29. The van der Waals surface area contributed by atoms with Gasteiger partial charge >= 0.3 is 6.01 Å². The van der Waals surface area contributed by atoms with E-state index >= 15 is 4.39 Å². The number of anilines is 1. The van der Waals surface area contributed by atoms with Gasteiger partial charge in [-0.25, -0.2) is 4.39 Å². The first-order chi connectivity index (χ1) is 19.1. The van der Waals surface area contributed by atoms with Crippen LogP contribution >= 0.6 is 0 Å². The molecule has 202 valence electrons. The average molecular weight is 529 g/mol. The molecule has 3 aliphatic heterocycles. The summed E-state index contributed by atoms with van der Waals surface area (Å²) in [5, 5.41) is 12.8. The molecule has 0 radical (unpaired) electrons. The third-order valence-corrected chi connectivity index (χ3v) is 8.71. The highest BCUT2D eigenvalue weighted by Crippen LogP contribution is 2.40. The Morgan fingerprint density at radius 1 is 0.897 bits per heavy atom. The van der Waals surface area contributed by atoms with Crippen molar-refractivity contribution in [2.24, 2.45) is 0 Å². The Balaban J connectivity index is 1.35. The van der Waals surface area contributed by atoms with E-state index in [0.29, 0.717) is 48.7 Å². The van der Waals surface area contributed by atoms with Gasteiger partial charge in [-0.2, -0.15) is 9.97 Å². The SMILES string of the molecule is Oc1cc(-c2ccc3c(N4CCCOCC4)nc(OCC45CCCN4CCC5)nc3c2F)c2ccccc2c1. The number of phenolic OH excluding ortho intramolecular Hbond substituents is 1. The molecule has 1 N–H and O–H groups in total. The Kier molecular flexibility index (Phi) is 6.24. The number of benzene rings is 3. The summed E-state index contributed by atoms with van der Waals surface area (Å²) in [5.74, 6) is 0.334. The number of ether oxygens (including phenoxy) is 2. The second-order valence-electron chi connectivity index (χ2n) is 11.0. The average Bonchev–Trinajstić information content (AvgIpc) is 3.41. The fourth-order valence-corrected chi connectivity index (χ4v) is 6.77. The van der Waals surface area contributed by atoms with Crippen LogP contribution < -0.4 is 9.64 Å². The van der Waals surface area contributed by atoms with Crippen molar-refractivity contribution in [2.45, 2.75) is 37.6 Å². The highest BCUT2D eigenvalue weighted by atomic mass is 19.1. The van der Waals surface area contributed by atoms with Crippen LogP contribution in [0.1, 0.15) is 32.1 Å². The normalized spacial score (nSPS) is 19.5. The minimum Gasteiger partial charge on any atom is -0.508 e. The molecule has 0 atom stereocenters. The van der Waals surface area contributed by atoms with Crippen molar-refractivity contribution in [3.05, 3.63) is 54.3 Å². The molecule has 3 fully saturated rings. The van der Waals surface area contributed by atoms with Gasteiger partial charge in [-0.3, -0.25) is 4.90 Å². The maximum Gasteiger partial charge on any atom is 0.319 e. The monoisotopic (exact) mass is 528 g/mol. The number of halogens is 1. The number of rotatable bonds is 5. The highest BCUT2D eigenvalue weighted by molar-refractivity contribution is 6.01. The first-order valence-electron chi connectivity index (χ1n) is 14.0. The molecule has 0 bridgehead atoms. The minimum absolute atomic E-state index is 0.0375. The van der Waals surface area contributed by atoms with Crippen molar-refractivity contribution >= 4 is 27.5 Å². The van der Waals surface area contributed by atoms with E-state index in [2.05, 4.69) is 14.8 Å². The lowest BCUT2D eigenvalue weighted by atomic mass is 9.95. The molecule has 0 unspecified atom stereocenters. The number of fused-ring (bicyclic) bond motifs is 3. The van der Waals surface area contributed by atoms with Gasteiger partial charge in [0.2, 0.25) is 0 Å². The van der Waals surface area contributed by atoms with Crippen molar-refractivity contribution in [3.8, 4) is 22.9 Å². The molecule has 8 heteroatoms. The zero-order valence-corrected chi connectivity index (χ0v) is 22.0. The van der Waals surface area contributed by atoms with Crippen LogP contribution in [-0.2, 0) is 4.74 Å². The van der Waals surface area contributed by atoms with Crippen LogP contribution in [0.2, 0.25) is 0 Å². The van der Waals surface area contributed by atoms with Crippen LogP contribution in [0.15, 0.2) is 48.5 Å². The molecular formula is C31H33FN4O3. The van der Waals surface area contributed by atoms with Gasteiger partial charge in [-0.05, 0) is 79.7 Å². The van der Waals surface area contributed by atoms with Gasteiger partial charge in [0.05, 0.1) is 12.1 Å². The highest BCUT2D eigenvalue weighted by Gasteiger charge is 2.45. The van der Waals surface area contributed by atoms with E-state index in [-0.39, 0.29) is 22.8 Å². The third-order valence-electron chi connectivity index (χ3n) is 8.71. The molecule has 3 saturated heterocycles. The Labute approximate surface area is 227 Å². The summed E-state index contributed by atoms with van der Waals surface area (Å²) < 4.78 is 28.5. The molecule has 0 amide bonds. The third kappa shape index (κ3) is 4.36. The van der Waals surface area contributed by atoms with E-state index in [0.717, 1.165) is 49.7 Å². The minimum atomic E-state index is -0.440. The summed E-state index contributed by atoms with van der Waals surface area (Å²) in [6.07, 6.45) is 5.45. The van der Waals surface area contributed by atoms with Gasteiger partial charge in [0.25, 0.3) is 0 Å². The fraction of sp³-hybridized carbons (Fsp3) is 0.419. The van der Waals surface area contributed by atoms with Crippen molar-refractivity contribution < 1.29 is 19.0 Å².